The zero-order valence-corrected chi connectivity index (χ0v) is 18.1. The Morgan fingerprint density at radius 1 is 0.781 bits per heavy atom. The Balaban J connectivity index is 1.31. The summed E-state index contributed by atoms with van der Waals surface area (Å²) < 4.78 is 29.1. The van der Waals surface area contributed by atoms with Crippen molar-refractivity contribution >= 4 is 5.65 Å². The normalized spacial score (nSPS) is 15.6. The molecular weight excluding hydrogens is 406 g/mol. The number of nitrogens with zero attached hydrogens (tertiary/aromatic N) is 4. The van der Waals surface area contributed by atoms with Gasteiger partial charge in [-0.3, -0.25) is 9.80 Å². The number of rotatable bonds is 5. The molecule has 5 rings (SSSR count). The van der Waals surface area contributed by atoms with E-state index >= 15 is 0 Å². The number of benzene rings is 2. The van der Waals surface area contributed by atoms with E-state index in [1.807, 2.05) is 30.3 Å². The van der Waals surface area contributed by atoms with Gasteiger partial charge in [0.15, 0.2) is 0 Å². The standard InChI is InChI=1S/C26H26F2N4/c1-19-2-11-25-29-24(18-32(25)16-19)17-30-12-14-31(15-13-30)26(20-3-7-22(27)8-4-20)21-5-9-23(28)10-6-21/h2-11,16,18,26H,12-15,17H2,1H3. The number of fused-ring (bicyclic) bond motifs is 1. The second kappa shape index (κ2) is 8.81. The van der Waals surface area contributed by atoms with Crippen LogP contribution in [-0.2, 0) is 6.54 Å². The van der Waals surface area contributed by atoms with Crippen LogP contribution in [0.4, 0.5) is 8.78 Å². The van der Waals surface area contributed by atoms with Crippen LogP contribution in [0.2, 0.25) is 0 Å². The number of halogens is 2. The van der Waals surface area contributed by atoms with E-state index in [-0.39, 0.29) is 17.7 Å². The van der Waals surface area contributed by atoms with Crippen LogP contribution in [0.3, 0.4) is 0 Å². The Morgan fingerprint density at radius 2 is 1.38 bits per heavy atom. The molecule has 1 saturated heterocycles. The second-order valence-electron chi connectivity index (χ2n) is 8.52. The summed E-state index contributed by atoms with van der Waals surface area (Å²) in [5, 5.41) is 0. The topological polar surface area (TPSA) is 23.8 Å². The molecule has 4 nitrogen and oxygen atoms in total. The lowest BCUT2D eigenvalue weighted by atomic mass is 9.96. The second-order valence-corrected chi connectivity index (χ2v) is 8.52. The van der Waals surface area contributed by atoms with Gasteiger partial charge in [0.2, 0.25) is 0 Å². The van der Waals surface area contributed by atoms with Gasteiger partial charge in [-0.15, -0.1) is 0 Å². The van der Waals surface area contributed by atoms with Crippen molar-refractivity contribution in [3.05, 3.63) is 107 Å². The van der Waals surface area contributed by atoms with E-state index in [4.69, 9.17) is 4.98 Å². The van der Waals surface area contributed by atoms with Gasteiger partial charge >= 0.3 is 0 Å². The van der Waals surface area contributed by atoms with E-state index in [1.54, 1.807) is 0 Å². The summed E-state index contributed by atoms with van der Waals surface area (Å²) in [5.41, 5.74) is 5.28. The summed E-state index contributed by atoms with van der Waals surface area (Å²) >= 11 is 0. The fourth-order valence-electron chi connectivity index (χ4n) is 4.54. The summed E-state index contributed by atoms with van der Waals surface area (Å²) in [7, 11) is 0. The average Bonchev–Trinajstić information content (AvgIpc) is 3.19. The molecule has 0 spiro atoms. The molecule has 0 amide bonds. The third-order valence-electron chi connectivity index (χ3n) is 6.18. The van der Waals surface area contributed by atoms with Gasteiger partial charge in [0.1, 0.15) is 17.3 Å². The third-order valence-corrected chi connectivity index (χ3v) is 6.18. The maximum Gasteiger partial charge on any atom is 0.137 e. The first-order valence-corrected chi connectivity index (χ1v) is 11.0. The summed E-state index contributed by atoms with van der Waals surface area (Å²) in [6, 6.07) is 17.4. The molecule has 0 unspecified atom stereocenters. The van der Waals surface area contributed by atoms with Crippen LogP contribution in [0.25, 0.3) is 5.65 Å². The largest absolute Gasteiger partial charge is 0.307 e. The van der Waals surface area contributed by atoms with Crippen molar-refractivity contribution in [2.45, 2.75) is 19.5 Å². The van der Waals surface area contributed by atoms with Crippen molar-refractivity contribution in [1.82, 2.24) is 19.2 Å². The molecule has 4 aromatic rings. The molecule has 0 aliphatic carbocycles. The molecule has 1 aliphatic rings. The van der Waals surface area contributed by atoms with Crippen molar-refractivity contribution in [1.29, 1.82) is 0 Å². The number of aromatic nitrogens is 2. The van der Waals surface area contributed by atoms with Crippen LogP contribution >= 0.6 is 0 Å². The first kappa shape index (κ1) is 20.8. The highest BCUT2D eigenvalue weighted by Crippen LogP contribution is 2.30. The molecule has 2 aromatic heterocycles. The predicted molar refractivity (Wildman–Crippen MR) is 121 cm³/mol. The highest BCUT2D eigenvalue weighted by Gasteiger charge is 2.27. The monoisotopic (exact) mass is 432 g/mol. The smallest absolute Gasteiger partial charge is 0.137 e. The van der Waals surface area contributed by atoms with Crippen LogP contribution in [0.5, 0.6) is 0 Å². The maximum absolute atomic E-state index is 13.5. The summed E-state index contributed by atoms with van der Waals surface area (Å²) in [6.07, 6.45) is 4.20. The molecule has 6 heteroatoms. The molecule has 0 saturated carbocycles. The van der Waals surface area contributed by atoms with E-state index in [9.17, 15) is 8.78 Å². The Bertz CT molecular complexity index is 1150. The molecular formula is C26H26F2N4. The minimum absolute atomic E-state index is 0.0310. The Labute approximate surface area is 186 Å². The summed E-state index contributed by atoms with van der Waals surface area (Å²) in [5.74, 6) is -0.502. The van der Waals surface area contributed by atoms with Crippen LogP contribution in [0.1, 0.15) is 28.4 Å². The van der Waals surface area contributed by atoms with E-state index in [1.165, 1.54) is 29.8 Å². The van der Waals surface area contributed by atoms with Gasteiger partial charge in [-0.05, 0) is 53.9 Å². The number of pyridine rings is 1. The molecule has 0 bridgehead atoms. The SMILES string of the molecule is Cc1ccc2nc(CN3CCN(C(c4ccc(F)cc4)c4ccc(F)cc4)CC3)cn2c1. The highest BCUT2D eigenvalue weighted by molar-refractivity contribution is 5.41. The van der Waals surface area contributed by atoms with Gasteiger partial charge in [0.05, 0.1) is 11.7 Å². The van der Waals surface area contributed by atoms with Crippen molar-refractivity contribution in [3.63, 3.8) is 0 Å². The quantitative estimate of drug-likeness (QED) is 0.452. The van der Waals surface area contributed by atoms with E-state index in [0.29, 0.717) is 0 Å². The Hall–Kier alpha value is -3.09. The van der Waals surface area contributed by atoms with Crippen LogP contribution in [-0.4, -0.2) is 45.4 Å². The van der Waals surface area contributed by atoms with E-state index in [2.05, 4.69) is 39.6 Å². The number of hydrogen-bond donors (Lipinski definition) is 0. The minimum Gasteiger partial charge on any atom is -0.307 e. The molecule has 2 aromatic carbocycles. The molecule has 0 atom stereocenters. The van der Waals surface area contributed by atoms with Gasteiger partial charge in [-0.25, -0.2) is 13.8 Å². The van der Waals surface area contributed by atoms with Crippen molar-refractivity contribution in [2.24, 2.45) is 0 Å². The van der Waals surface area contributed by atoms with Gasteiger partial charge in [0.25, 0.3) is 0 Å². The molecule has 164 valence electrons. The Kier molecular flexibility index (Phi) is 5.72. The number of imidazole rings is 1. The van der Waals surface area contributed by atoms with E-state index in [0.717, 1.165) is 55.2 Å². The number of piperazine rings is 1. The lowest BCUT2D eigenvalue weighted by Gasteiger charge is -2.39. The van der Waals surface area contributed by atoms with Gasteiger partial charge < -0.3 is 4.40 Å². The average molecular weight is 433 g/mol. The minimum atomic E-state index is -0.251. The van der Waals surface area contributed by atoms with E-state index < -0.39 is 0 Å². The van der Waals surface area contributed by atoms with Crippen molar-refractivity contribution in [2.75, 3.05) is 26.2 Å². The lowest BCUT2D eigenvalue weighted by Crippen LogP contribution is -2.47. The van der Waals surface area contributed by atoms with Crippen LogP contribution in [0, 0.1) is 18.6 Å². The summed E-state index contributed by atoms with van der Waals surface area (Å²) in [4.78, 5) is 9.56. The fourth-order valence-corrected chi connectivity index (χ4v) is 4.54. The molecule has 3 heterocycles. The van der Waals surface area contributed by atoms with Crippen LogP contribution < -0.4 is 0 Å². The highest BCUT2D eigenvalue weighted by atomic mass is 19.1. The van der Waals surface area contributed by atoms with Crippen molar-refractivity contribution < 1.29 is 8.78 Å². The predicted octanol–water partition coefficient (Wildman–Crippen LogP) is 4.83. The van der Waals surface area contributed by atoms with Crippen molar-refractivity contribution in [3.8, 4) is 0 Å². The molecule has 1 fully saturated rings. The summed E-state index contributed by atoms with van der Waals surface area (Å²) in [6.45, 7) is 6.44. The molecule has 0 radical (unpaired) electrons. The first-order chi connectivity index (χ1) is 15.5. The number of aryl methyl sites for hydroxylation is 1. The fraction of sp³-hybridized carbons (Fsp3) is 0.269. The third kappa shape index (κ3) is 4.42. The zero-order valence-electron chi connectivity index (χ0n) is 18.1. The van der Waals surface area contributed by atoms with Gasteiger partial charge in [-0.2, -0.15) is 0 Å². The van der Waals surface area contributed by atoms with Crippen LogP contribution in [0.15, 0.2) is 73.1 Å². The molecule has 0 N–H and O–H groups in total. The van der Waals surface area contributed by atoms with Gasteiger partial charge in [0, 0.05) is 45.1 Å². The molecule has 1 aliphatic heterocycles. The van der Waals surface area contributed by atoms with Gasteiger partial charge in [-0.1, -0.05) is 30.3 Å². The Morgan fingerprint density at radius 3 is 1.97 bits per heavy atom. The zero-order chi connectivity index (χ0) is 22.1. The molecule has 32 heavy (non-hydrogen) atoms. The lowest BCUT2D eigenvalue weighted by molar-refractivity contribution is 0.104. The first-order valence-electron chi connectivity index (χ1n) is 11.0. The number of hydrogen-bond acceptors (Lipinski definition) is 3. The maximum atomic E-state index is 13.5.